The Morgan fingerprint density at radius 3 is 1.86 bits per heavy atom. The number of rotatable bonds is 5. The molecule has 0 atom stereocenters. The Labute approximate surface area is 133 Å². The van der Waals surface area contributed by atoms with Gasteiger partial charge in [-0.05, 0) is 42.0 Å². The Morgan fingerprint density at radius 2 is 1.41 bits per heavy atom. The van der Waals surface area contributed by atoms with Crippen LogP contribution in [0.2, 0.25) is 0 Å². The van der Waals surface area contributed by atoms with Gasteiger partial charge in [-0.15, -0.1) is 0 Å². The average Bonchev–Trinajstić information content (AvgIpc) is 2.47. The second-order valence-electron chi connectivity index (χ2n) is 6.82. The predicted molar refractivity (Wildman–Crippen MR) is 91.4 cm³/mol. The summed E-state index contributed by atoms with van der Waals surface area (Å²) in [6, 6.07) is 15.8. The quantitative estimate of drug-likeness (QED) is 0.693. The fourth-order valence-electron chi connectivity index (χ4n) is 2.12. The van der Waals surface area contributed by atoms with Gasteiger partial charge >= 0.3 is 0 Å². The van der Waals surface area contributed by atoms with Crippen molar-refractivity contribution in [2.24, 2.45) is 5.41 Å². The highest BCUT2D eigenvalue weighted by molar-refractivity contribution is 5.94. The third-order valence-corrected chi connectivity index (χ3v) is 3.60. The van der Waals surface area contributed by atoms with Gasteiger partial charge in [-0.2, -0.15) is 0 Å². The molecule has 2 aromatic rings. The molecule has 0 aliphatic heterocycles. The highest BCUT2D eigenvalue weighted by atomic mass is 16.5. The second-order valence-corrected chi connectivity index (χ2v) is 6.82. The Hall–Kier alpha value is -2.09. The maximum Gasteiger partial charge on any atom is 0.159 e. The van der Waals surface area contributed by atoms with E-state index in [1.165, 1.54) is 0 Å². The minimum absolute atomic E-state index is 0.0918. The van der Waals surface area contributed by atoms with E-state index in [0.29, 0.717) is 5.41 Å². The summed E-state index contributed by atoms with van der Waals surface area (Å²) in [6.45, 7) is 8.95. The first-order valence-corrected chi connectivity index (χ1v) is 7.69. The van der Waals surface area contributed by atoms with E-state index in [0.717, 1.165) is 35.5 Å². The van der Waals surface area contributed by atoms with Crippen LogP contribution in [0.1, 0.15) is 44.5 Å². The molecule has 0 radical (unpaired) electrons. The molecule has 0 bridgehead atoms. The van der Waals surface area contributed by atoms with Crippen molar-refractivity contribution in [3.8, 4) is 16.9 Å². The van der Waals surface area contributed by atoms with Crippen LogP contribution >= 0.6 is 0 Å². The lowest BCUT2D eigenvalue weighted by Crippen LogP contribution is -2.10. The third-order valence-electron chi connectivity index (χ3n) is 3.60. The highest BCUT2D eigenvalue weighted by Crippen LogP contribution is 2.24. The number of ether oxygens (including phenoxy) is 1. The molecule has 0 heterocycles. The van der Waals surface area contributed by atoms with Gasteiger partial charge in [-0.1, -0.05) is 57.2 Å². The summed E-state index contributed by atoms with van der Waals surface area (Å²) < 4.78 is 5.78. The first-order chi connectivity index (χ1) is 10.3. The Morgan fingerprint density at radius 1 is 0.909 bits per heavy atom. The Bertz CT molecular complexity index is 616. The SMILES string of the molecule is CC(=O)c1ccc(-c2ccc(OCCC(C)(C)C)cc2)cc1. The smallest absolute Gasteiger partial charge is 0.159 e. The summed E-state index contributed by atoms with van der Waals surface area (Å²) in [5, 5.41) is 0. The average molecular weight is 296 g/mol. The van der Waals surface area contributed by atoms with Crippen molar-refractivity contribution in [3.05, 3.63) is 54.1 Å². The van der Waals surface area contributed by atoms with Crippen LogP contribution in [0.25, 0.3) is 11.1 Å². The van der Waals surface area contributed by atoms with Gasteiger partial charge in [0.15, 0.2) is 5.78 Å². The van der Waals surface area contributed by atoms with E-state index in [2.05, 4.69) is 32.9 Å². The lowest BCUT2D eigenvalue weighted by atomic mass is 9.93. The molecule has 22 heavy (non-hydrogen) atoms. The molecule has 0 fully saturated rings. The van der Waals surface area contributed by atoms with Crippen molar-refractivity contribution in [3.63, 3.8) is 0 Å². The van der Waals surface area contributed by atoms with Crippen molar-refractivity contribution in [1.82, 2.24) is 0 Å². The summed E-state index contributed by atoms with van der Waals surface area (Å²) in [5.74, 6) is 0.988. The molecule has 0 saturated heterocycles. The summed E-state index contributed by atoms with van der Waals surface area (Å²) in [7, 11) is 0. The zero-order chi connectivity index (χ0) is 16.2. The topological polar surface area (TPSA) is 26.3 Å². The Balaban J connectivity index is 2.00. The van der Waals surface area contributed by atoms with Crippen molar-refractivity contribution in [1.29, 1.82) is 0 Å². The minimum atomic E-state index is 0.0918. The summed E-state index contributed by atoms with van der Waals surface area (Å²) in [5.41, 5.74) is 3.26. The van der Waals surface area contributed by atoms with E-state index in [1.807, 2.05) is 36.4 Å². The van der Waals surface area contributed by atoms with Gasteiger partial charge in [0.25, 0.3) is 0 Å². The number of carbonyl (C=O) groups excluding carboxylic acids is 1. The summed E-state index contributed by atoms with van der Waals surface area (Å²) in [4.78, 5) is 11.3. The maximum absolute atomic E-state index is 11.3. The fraction of sp³-hybridized carbons (Fsp3) is 0.350. The van der Waals surface area contributed by atoms with E-state index in [1.54, 1.807) is 6.92 Å². The van der Waals surface area contributed by atoms with E-state index in [9.17, 15) is 4.79 Å². The number of ketones is 1. The van der Waals surface area contributed by atoms with Gasteiger partial charge < -0.3 is 4.74 Å². The molecule has 0 unspecified atom stereocenters. The molecule has 0 N–H and O–H groups in total. The molecular formula is C20H24O2. The van der Waals surface area contributed by atoms with Crippen molar-refractivity contribution in [2.75, 3.05) is 6.61 Å². The maximum atomic E-state index is 11.3. The molecule has 116 valence electrons. The van der Waals surface area contributed by atoms with Gasteiger partial charge in [0.2, 0.25) is 0 Å². The molecule has 0 aromatic heterocycles. The number of carbonyl (C=O) groups is 1. The number of Topliss-reactive ketones (excluding diaryl/α,β-unsaturated/α-hetero) is 1. The largest absolute Gasteiger partial charge is 0.494 e. The number of benzene rings is 2. The van der Waals surface area contributed by atoms with Crippen molar-refractivity contribution in [2.45, 2.75) is 34.1 Å². The lowest BCUT2D eigenvalue weighted by Gasteiger charge is -2.18. The summed E-state index contributed by atoms with van der Waals surface area (Å²) >= 11 is 0. The summed E-state index contributed by atoms with van der Waals surface area (Å²) in [6.07, 6.45) is 1.03. The van der Waals surface area contributed by atoms with Crippen LogP contribution in [0.15, 0.2) is 48.5 Å². The van der Waals surface area contributed by atoms with Crippen LogP contribution in [-0.2, 0) is 0 Å². The van der Waals surface area contributed by atoms with Crippen LogP contribution in [0.5, 0.6) is 5.75 Å². The van der Waals surface area contributed by atoms with E-state index in [-0.39, 0.29) is 5.78 Å². The van der Waals surface area contributed by atoms with Crippen LogP contribution in [0, 0.1) is 5.41 Å². The molecule has 0 aliphatic rings. The number of hydrogen-bond acceptors (Lipinski definition) is 2. The molecular weight excluding hydrogens is 272 g/mol. The zero-order valence-electron chi connectivity index (χ0n) is 13.8. The predicted octanol–water partition coefficient (Wildman–Crippen LogP) is 5.37. The van der Waals surface area contributed by atoms with Gasteiger partial charge in [0, 0.05) is 5.56 Å². The van der Waals surface area contributed by atoms with Gasteiger partial charge in [0.1, 0.15) is 5.75 Å². The van der Waals surface area contributed by atoms with Gasteiger partial charge in [0.05, 0.1) is 6.61 Å². The monoisotopic (exact) mass is 296 g/mol. The standard InChI is InChI=1S/C20H24O2/c1-15(21)16-5-7-17(8-6-16)18-9-11-19(12-10-18)22-14-13-20(2,3)4/h5-12H,13-14H2,1-4H3. The molecule has 2 aromatic carbocycles. The molecule has 2 heteroatoms. The van der Waals surface area contributed by atoms with Gasteiger partial charge in [-0.3, -0.25) is 4.79 Å². The second kappa shape index (κ2) is 6.78. The lowest BCUT2D eigenvalue weighted by molar-refractivity contribution is 0.101. The van der Waals surface area contributed by atoms with Crippen molar-refractivity contribution >= 4 is 5.78 Å². The fourth-order valence-corrected chi connectivity index (χ4v) is 2.12. The first kappa shape index (κ1) is 16.3. The molecule has 2 rings (SSSR count). The Kier molecular flexibility index (Phi) is 5.02. The molecule has 0 saturated carbocycles. The van der Waals surface area contributed by atoms with E-state index in [4.69, 9.17) is 4.74 Å². The number of hydrogen-bond donors (Lipinski definition) is 0. The van der Waals surface area contributed by atoms with Crippen LogP contribution in [0.3, 0.4) is 0 Å². The highest BCUT2D eigenvalue weighted by Gasteiger charge is 2.09. The first-order valence-electron chi connectivity index (χ1n) is 7.69. The van der Waals surface area contributed by atoms with Crippen LogP contribution in [0.4, 0.5) is 0 Å². The van der Waals surface area contributed by atoms with E-state index < -0.39 is 0 Å². The third kappa shape index (κ3) is 4.73. The normalized spacial score (nSPS) is 11.3. The van der Waals surface area contributed by atoms with E-state index >= 15 is 0 Å². The van der Waals surface area contributed by atoms with Gasteiger partial charge in [-0.25, -0.2) is 0 Å². The molecule has 2 nitrogen and oxygen atoms in total. The van der Waals surface area contributed by atoms with Crippen LogP contribution in [-0.4, -0.2) is 12.4 Å². The van der Waals surface area contributed by atoms with Crippen LogP contribution < -0.4 is 4.74 Å². The molecule has 0 aliphatic carbocycles. The van der Waals surface area contributed by atoms with Crippen molar-refractivity contribution < 1.29 is 9.53 Å². The minimum Gasteiger partial charge on any atom is -0.494 e. The zero-order valence-corrected chi connectivity index (χ0v) is 13.8. The molecule has 0 amide bonds. The molecule has 0 spiro atoms.